The van der Waals surface area contributed by atoms with Crippen molar-refractivity contribution in [2.45, 2.75) is 20.3 Å². The molecule has 5 heteroatoms. The largest absolute Gasteiger partial charge is 0.493 e. The van der Waals surface area contributed by atoms with Crippen LogP contribution in [0.25, 0.3) is 0 Å². The molecule has 0 fully saturated rings. The van der Waals surface area contributed by atoms with Gasteiger partial charge in [-0.25, -0.2) is 0 Å². The highest BCUT2D eigenvalue weighted by molar-refractivity contribution is 5.94. The Kier molecular flexibility index (Phi) is 6.72. The molecule has 1 amide bonds. The smallest absolute Gasteiger partial charge is 0.307 e. The number of carbonyl (C=O) groups excluding carboxylic acids is 2. The van der Waals surface area contributed by atoms with Gasteiger partial charge in [0, 0.05) is 19.2 Å². The van der Waals surface area contributed by atoms with Crippen molar-refractivity contribution < 1.29 is 19.1 Å². The minimum absolute atomic E-state index is 0.145. The Morgan fingerprint density at radius 3 is 2.62 bits per heavy atom. The molecule has 1 aromatic rings. The average Bonchev–Trinajstić information content (AvgIpc) is 2.49. The number of rotatable bonds is 7. The molecule has 1 rings (SSSR count). The Labute approximate surface area is 125 Å². The van der Waals surface area contributed by atoms with Gasteiger partial charge in [-0.15, -0.1) is 0 Å². The summed E-state index contributed by atoms with van der Waals surface area (Å²) in [6, 6.07) is 7.07. The van der Waals surface area contributed by atoms with Crippen molar-refractivity contribution in [3.63, 3.8) is 0 Å². The Morgan fingerprint density at radius 1 is 1.29 bits per heavy atom. The first kappa shape index (κ1) is 17.0. The molecule has 0 aromatic heterocycles. The molecule has 0 saturated carbocycles. The van der Waals surface area contributed by atoms with E-state index in [9.17, 15) is 9.59 Å². The van der Waals surface area contributed by atoms with Gasteiger partial charge >= 0.3 is 5.97 Å². The van der Waals surface area contributed by atoms with E-state index in [1.165, 1.54) is 12.0 Å². The third kappa shape index (κ3) is 5.85. The molecule has 0 aliphatic heterocycles. The zero-order chi connectivity index (χ0) is 15.8. The maximum atomic E-state index is 12.3. The zero-order valence-corrected chi connectivity index (χ0v) is 13.1. The molecule has 0 aliphatic carbocycles. The van der Waals surface area contributed by atoms with Gasteiger partial charge in [-0.3, -0.25) is 9.59 Å². The van der Waals surface area contributed by atoms with Crippen LogP contribution in [0.2, 0.25) is 0 Å². The molecule has 0 unspecified atom stereocenters. The van der Waals surface area contributed by atoms with Gasteiger partial charge in [0.05, 0.1) is 20.1 Å². The number of hydrogen-bond donors (Lipinski definition) is 0. The summed E-state index contributed by atoms with van der Waals surface area (Å²) in [7, 11) is 2.99. The summed E-state index contributed by atoms with van der Waals surface area (Å²) in [5.74, 6) is 0.626. The van der Waals surface area contributed by atoms with Crippen LogP contribution in [0.4, 0.5) is 0 Å². The van der Waals surface area contributed by atoms with Crippen LogP contribution in [0.5, 0.6) is 5.75 Å². The molecular weight excluding hydrogens is 270 g/mol. The topological polar surface area (TPSA) is 55.8 Å². The lowest BCUT2D eigenvalue weighted by Gasteiger charge is -2.17. The highest BCUT2D eigenvalue weighted by Crippen LogP contribution is 2.15. The number of esters is 1. The van der Waals surface area contributed by atoms with Crippen molar-refractivity contribution in [2.75, 3.05) is 27.3 Å². The molecule has 0 spiro atoms. The molecule has 0 heterocycles. The summed E-state index contributed by atoms with van der Waals surface area (Å²) in [6.45, 7) is 5.06. The number of amides is 1. The molecule has 0 aliphatic rings. The molecule has 5 nitrogen and oxygen atoms in total. The normalized spacial score (nSPS) is 10.3. The fraction of sp³-hybridized carbons (Fsp3) is 0.500. The Balaban J connectivity index is 2.64. The predicted octanol–water partition coefficient (Wildman–Crippen LogP) is 2.36. The van der Waals surface area contributed by atoms with Gasteiger partial charge in [0.1, 0.15) is 5.75 Å². The van der Waals surface area contributed by atoms with E-state index in [-0.39, 0.29) is 18.3 Å². The van der Waals surface area contributed by atoms with Crippen LogP contribution in [0.3, 0.4) is 0 Å². The van der Waals surface area contributed by atoms with E-state index in [4.69, 9.17) is 4.74 Å². The summed E-state index contributed by atoms with van der Waals surface area (Å²) in [4.78, 5) is 24.9. The van der Waals surface area contributed by atoms with E-state index in [1.54, 1.807) is 25.2 Å². The van der Waals surface area contributed by atoms with Crippen LogP contribution in [-0.2, 0) is 9.53 Å². The lowest BCUT2D eigenvalue weighted by molar-refractivity contribution is -0.140. The molecule has 0 N–H and O–H groups in total. The SMILES string of the molecule is COC(=O)CCN(C)C(=O)c1cccc(OCC(C)C)c1. The number of benzene rings is 1. The minimum atomic E-state index is -0.330. The average molecular weight is 293 g/mol. The van der Waals surface area contributed by atoms with Crippen molar-refractivity contribution in [3.8, 4) is 5.75 Å². The minimum Gasteiger partial charge on any atom is -0.493 e. The predicted molar refractivity (Wildman–Crippen MR) is 80.4 cm³/mol. The van der Waals surface area contributed by atoms with Crippen LogP contribution in [0, 0.1) is 5.92 Å². The number of ether oxygens (including phenoxy) is 2. The van der Waals surface area contributed by atoms with Crippen LogP contribution in [0.15, 0.2) is 24.3 Å². The van der Waals surface area contributed by atoms with E-state index in [2.05, 4.69) is 18.6 Å². The van der Waals surface area contributed by atoms with Gasteiger partial charge in [0.15, 0.2) is 0 Å². The lowest BCUT2D eigenvalue weighted by Crippen LogP contribution is -2.29. The summed E-state index contributed by atoms with van der Waals surface area (Å²) >= 11 is 0. The first-order valence-electron chi connectivity index (χ1n) is 6.99. The lowest BCUT2D eigenvalue weighted by atomic mass is 10.2. The molecule has 116 valence electrons. The molecular formula is C16H23NO4. The van der Waals surface area contributed by atoms with Crippen molar-refractivity contribution in [3.05, 3.63) is 29.8 Å². The second-order valence-electron chi connectivity index (χ2n) is 5.29. The quantitative estimate of drug-likeness (QED) is 0.724. The Bertz CT molecular complexity index is 485. The van der Waals surface area contributed by atoms with E-state index in [1.807, 2.05) is 6.07 Å². The van der Waals surface area contributed by atoms with Gasteiger partial charge in [0.2, 0.25) is 0 Å². The molecule has 0 atom stereocenters. The van der Waals surface area contributed by atoms with Crippen LogP contribution >= 0.6 is 0 Å². The maximum absolute atomic E-state index is 12.3. The second-order valence-corrected chi connectivity index (χ2v) is 5.29. The number of carbonyl (C=O) groups is 2. The standard InChI is InChI=1S/C16H23NO4/c1-12(2)11-21-14-7-5-6-13(10-14)16(19)17(3)9-8-15(18)20-4/h5-7,10,12H,8-9,11H2,1-4H3. The van der Waals surface area contributed by atoms with Gasteiger partial charge in [-0.2, -0.15) is 0 Å². The van der Waals surface area contributed by atoms with E-state index in [0.717, 1.165) is 0 Å². The fourth-order valence-electron chi connectivity index (χ4n) is 1.66. The monoisotopic (exact) mass is 293 g/mol. The molecule has 0 radical (unpaired) electrons. The number of nitrogens with zero attached hydrogens (tertiary/aromatic N) is 1. The summed E-state index contributed by atoms with van der Waals surface area (Å²) < 4.78 is 10.2. The van der Waals surface area contributed by atoms with Crippen molar-refractivity contribution in [1.29, 1.82) is 0 Å². The maximum Gasteiger partial charge on any atom is 0.307 e. The summed E-state index contributed by atoms with van der Waals surface area (Å²) in [5.41, 5.74) is 0.545. The van der Waals surface area contributed by atoms with Crippen LogP contribution in [-0.4, -0.2) is 44.1 Å². The zero-order valence-electron chi connectivity index (χ0n) is 13.1. The van der Waals surface area contributed by atoms with Gasteiger partial charge in [0.25, 0.3) is 5.91 Å². The molecule has 0 bridgehead atoms. The van der Waals surface area contributed by atoms with Crippen LogP contribution < -0.4 is 4.74 Å². The Hall–Kier alpha value is -2.04. The number of methoxy groups -OCH3 is 1. The van der Waals surface area contributed by atoms with Gasteiger partial charge in [-0.05, 0) is 24.1 Å². The summed E-state index contributed by atoms with van der Waals surface area (Å²) in [6.07, 6.45) is 0.183. The van der Waals surface area contributed by atoms with E-state index in [0.29, 0.717) is 30.4 Å². The van der Waals surface area contributed by atoms with Crippen LogP contribution in [0.1, 0.15) is 30.6 Å². The molecule has 0 saturated heterocycles. The van der Waals surface area contributed by atoms with E-state index >= 15 is 0 Å². The van der Waals surface area contributed by atoms with E-state index < -0.39 is 0 Å². The van der Waals surface area contributed by atoms with Gasteiger partial charge in [-0.1, -0.05) is 19.9 Å². The second kappa shape index (κ2) is 8.29. The third-order valence-electron chi connectivity index (χ3n) is 2.89. The molecule has 21 heavy (non-hydrogen) atoms. The first-order chi connectivity index (χ1) is 9.93. The first-order valence-corrected chi connectivity index (χ1v) is 6.99. The fourth-order valence-corrected chi connectivity index (χ4v) is 1.66. The Morgan fingerprint density at radius 2 is 2.00 bits per heavy atom. The summed E-state index contributed by atoms with van der Waals surface area (Å²) in [5, 5.41) is 0. The highest BCUT2D eigenvalue weighted by atomic mass is 16.5. The van der Waals surface area contributed by atoms with Gasteiger partial charge < -0.3 is 14.4 Å². The third-order valence-corrected chi connectivity index (χ3v) is 2.89. The van der Waals surface area contributed by atoms with Crippen molar-refractivity contribution in [2.24, 2.45) is 5.92 Å². The van der Waals surface area contributed by atoms with Crippen molar-refractivity contribution in [1.82, 2.24) is 4.90 Å². The highest BCUT2D eigenvalue weighted by Gasteiger charge is 2.14. The van der Waals surface area contributed by atoms with Crippen molar-refractivity contribution >= 4 is 11.9 Å². The molecule has 1 aromatic carbocycles. The number of hydrogen-bond acceptors (Lipinski definition) is 4.